The maximum atomic E-state index is 13.2. The molecule has 0 aliphatic carbocycles. The van der Waals surface area contributed by atoms with Gasteiger partial charge in [0.2, 0.25) is 0 Å². The van der Waals surface area contributed by atoms with Crippen LogP contribution in [0.3, 0.4) is 0 Å². The highest BCUT2D eigenvalue weighted by Gasteiger charge is 2.40. The van der Waals surface area contributed by atoms with Gasteiger partial charge in [0.05, 0.1) is 18.6 Å². The molecular formula is C32H57NO8Si. The summed E-state index contributed by atoms with van der Waals surface area (Å²) in [6.45, 7) is 21.4. The van der Waals surface area contributed by atoms with Crippen LogP contribution < -0.4 is 5.32 Å². The van der Waals surface area contributed by atoms with E-state index in [4.69, 9.17) is 23.4 Å². The first-order chi connectivity index (χ1) is 19.5. The van der Waals surface area contributed by atoms with E-state index in [9.17, 15) is 14.7 Å². The Balaban J connectivity index is 2.93. The number of carbonyl (C=O) groups excluding carboxylic acids is 2. The number of hydrogen-bond donors (Lipinski definition) is 2. The van der Waals surface area contributed by atoms with Gasteiger partial charge in [0.15, 0.2) is 8.32 Å². The summed E-state index contributed by atoms with van der Waals surface area (Å²) in [5.74, 6) is -0.839. The molecule has 1 amide bonds. The fraction of sp³-hybridized carbons (Fsp3) is 0.750. The van der Waals surface area contributed by atoms with Crippen LogP contribution in [0.5, 0.6) is 0 Å². The Hall–Kier alpha value is -1.98. The maximum Gasteiger partial charge on any atom is 0.407 e. The minimum atomic E-state index is -2.00. The summed E-state index contributed by atoms with van der Waals surface area (Å²) in [7, 11) is -0.450. The molecule has 0 saturated carbocycles. The molecule has 0 radical (unpaired) electrons. The summed E-state index contributed by atoms with van der Waals surface area (Å²) in [6.07, 6.45) is -2.50. The van der Waals surface area contributed by atoms with E-state index in [0.717, 1.165) is 5.56 Å². The minimum absolute atomic E-state index is 0.0452. The van der Waals surface area contributed by atoms with E-state index in [1.807, 2.05) is 65.0 Å². The van der Waals surface area contributed by atoms with E-state index in [0.29, 0.717) is 13.0 Å². The Morgan fingerprint density at radius 2 is 1.62 bits per heavy atom. The van der Waals surface area contributed by atoms with Crippen molar-refractivity contribution in [2.45, 2.75) is 117 Å². The number of ether oxygens (including phenoxy) is 4. The molecule has 6 atom stereocenters. The van der Waals surface area contributed by atoms with E-state index in [-0.39, 0.29) is 42.6 Å². The molecule has 1 rings (SSSR count). The van der Waals surface area contributed by atoms with Gasteiger partial charge >= 0.3 is 12.1 Å². The Labute approximate surface area is 255 Å². The normalized spacial score (nSPS) is 16.7. The van der Waals surface area contributed by atoms with Crippen LogP contribution in [-0.4, -0.2) is 70.3 Å². The summed E-state index contributed by atoms with van der Waals surface area (Å²) >= 11 is 0. The standard InChI is InChI=1S/C32H57NO8Si/c1-12-23(4)28(33-31(36)38-20-25-16-14-13-15-17-25)26(34)18-27(35)41-29(22(2)3)30(39-21-37-9)24(5)19-40-42(10,11)32(6,7)8/h13-17,22-24,26,28-30,34H,12,18-21H2,1-11H3,(H,33,36)/t23-,24+,26-,28+,29-,30-/m0/s1. The lowest BCUT2D eigenvalue weighted by molar-refractivity contribution is -0.181. The number of hydrogen-bond acceptors (Lipinski definition) is 8. The van der Waals surface area contributed by atoms with Gasteiger partial charge in [-0.2, -0.15) is 0 Å². The summed E-state index contributed by atoms with van der Waals surface area (Å²) in [4.78, 5) is 25.8. The Morgan fingerprint density at radius 1 is 1.00 bits per heavy atom. The molecule has 42 heavy (non-hydrogen) atoms. The van der Waals surface area contributed by atoms with Crippen molar-refractivity contribution >= 4 is 20.4 Å². The molecule has 0 aromatic heterocycles. The second kappa shape index (κ2) is 18.0. The first-order valence-corrected chi connectivity index (χ1v) is 18.0. The molecule has 0 heterocycles. The molecule has 0 fully saturated rings. The summed E-state index contributed by atoms with van der Waals surface area (Å²) < 4.78 is 29.0. The second-order valence-corrected chi connectivity index (χ2v) is 18.0. The van der Waals surface area contributed by atoms with Crippen LogP contribution in [-0.2, 0) is 34.8 Å². The number of rotatable bonds is 18. The summed E-state index contributed by atoms with van der Waals surface area (Å²) in [5.41, 5.74) is 0.853. The van der Waals surface area contributed by atoms with Crippen LogP contribution >= 0.6 is 0 Å². The zero-order valence-corrected chi connectivity index (χ0v) is 28.8. The van der Waals surface area contributed by atoms with Gasteiger partial charge in [-0.3, -0.25) is 4.79 Å². The van der Waals surface area contributed by atoms with Crippen molar-refractivity contribution in [2.75, 3.05) is 20.5 Å². The minimum Gasteiger partial charge on any atom is -0.459 e. The number of nitrogens with one attached hydrogen (secondary N) is 1. The molecule has 2 N–H and O–H groups in total. The third-order valence-corrected chi connectivity index (χ3v) is 12.7. The van der Waals surface area contributed by atoms with Gasteiger partial charge < -0.3 is 33.8 Å². The van der Waals surface area contributed by atoms with Crippen molar-refractivity contribution in [1.82, 2.24) is 5.32 Å². The third kappa shape index (κ3) is 12.7. The zero-order chi connectivity index (χ0) is 32.1. The predicted molar refractivity (Wildman–Crippen MR) is 167 cm³/mol. The Kier molecular flexibility index (Phi) is 16.3. The van der Waals surface area contributed by atoms with E-state index < -0.39 is 44.7 Å². The summed E-state index contributed by atoms with van der Waals surface area (Å²) in [6, 6.07) is 8.65. The Bertz CT molecular complexity index is 921. The van der Waals surface area contributed by atoms with Crippen molar-refractivity contribution in [3.05, 3.63) is 35.9 Å². The third-order valence-electron chi connectivity index (χ3n) is 8.25. The number of amides is 1. The lowest BCUT2D eigenvalue weighted by atomic mass is 9.92. The first-order valence-electron chi connectivity index (χ1n) is 15.1. The highest BCUT2D eigenvalue weighted by atomic mass is 28.4. The number of carbonyl (C=O) groups is 2. The highest BCUT2D eigenvalue weighted by molar-refractivity contribution is 6.74. The molecule has 1 aromatic carbocycles. The molecule has 0 aliphatic rings. The molecule has 10 heteroatoms. The number of esters is 1. The number of aliphatic hydroxyl groups is 1. The molecule has 0 aliphatic heterocycles. The molecule has 9 nitrogen and oxygen atoms in total. The van der Waals surface area contributed by atoms with Gasteiger partial charge in [0.25, 0.3) is 0 Å². The highest BCUT2D eigenvalue weighted by Crippen LogP contribution is 2.37. The smallest absolute Gasteiger partial charge is 0.407 e. The van der Waals surface area contributed by atoms with Crippen molar-refractivity contribution in [2.24, 2.45) is 17.8 Å². The quantitative estimate of drug-likeness (QED) is 0.113. The SMILES string of the molecule is CC[C@H](C)[C@@H](NC(=O)OCc1ccccc1)[C@@H](O)CC(=O)O[C@@H](C(C)C)[C@@H](OCOC)[C@H](C)CO[Si](C)(C)C(C)(C)C. The number of aliphatic hydroxyl groups excluding tert-OH is 1. The van der Waals surface area contributed by atoms with Crippen LogP contribution in [0.15, 0.2) is 30.3 Å². The van der Waals surface area contributed by atoms with Crippen LogP contribution in [0.25, 0.3) is 0 Å². The summed E-state index contributed by atoms with van der Waals surface area (Å²) in [5, 5.41) is 13.9. The Morgan fingerprint density at radius 3 is 2.14 bits per heavy atom. The molecule has 0 bridgehead atoms. The van der Waals surface area contributed by atoms with E-state index in [1.165, 1.54) is 0 Å². The lowest BCUT2D eigenvalue weighted by Crippen LogP contribution is -2.49. The average molecular weight is 612 g/mol. The topological polar surface area (TPSA) is 113 Å². The van der Waals surface area contributed by atoms with Crippen LogP contribution in [0, 0.1) is 17.8 Å². The van der Waals surface area contributed by atoms with E-state index in [1.54, 1.807) is 7.11 Å². The first kappa shape index (κ1) is 38.0. The van der Waals surface area contributed by atoms with Gasteiger partial charge in [-0.15, -0.1) is 0 Å². The largest absolute Gasteiger partial charge is 0.459 e. The maximum absolute atomic E-state index is 13.2. The van der Waals surface area contributed by atoms with Crippen molar-refractivity contribution in [1.29, 1.82) is 0 Å². The van der Waals surface area contributed by atoms with Gasteiger partial charge in [0, 0.05) is 19.6 Å². The monoisotopic (exact) mass is 611 g/mol. The van der Waals surface area contributed by atoms with Crippen molar-refractivity contribution in [3.8, 4) is 0 Å². The molecule has 0 unspecified atom stereocenters. The molecule has 242 valence electrons. The van der Waals surface area contributed by atoms with Crippen LogP contribution in [0.1, 0.15) is 73.8 Å². The molecular weight excluding hydrogens is 554 g/mol. The van der Waals surface area contributed by atoms with Crippen molar-refractivity contribution in [3.63, 3.8) is 0 Å². The van der Waals surface area contributed by atoms with Crippen molar-refractivity contribution < 1.29 is 38.1 Å². The van der Waals surface area contributed by atoms with Gasteiger partial charge in [0.1, 0.15) is 25.6 Å². The van der Waals surface area contributed by atoms with E-state index >= 15 is 0 Å². The number of benzene rings is 1. The zero-order valence-electron chi connectivity index (χ0n) is 27.8. The predicted octanol–water partition coefficient (Wildman–Crippen LogP) is 6.29. The van der Waals surface area contributed by atoms with E-state index in [2.05, 4.69) is 39.2 Å². The molecule has 1 aromatic rings. The van der Waals surface area contributed by atoms with Crippen LogP contribution in [0.2, 0.25) is 18.1 Å². The average Bonchev–Trinajstić information content (AvgIpc) is 2.92. The molecule has 0 saturated heterocycles. The number of alkyl carbamates (subject to hydrolysis) is 1. The van der Waals surface area contributed by atoms with Gasteiger partial charge in [-0.05, 0) is 35.5 Å². The fourth-order valence-corrected chi connectivity index (χ4v) is 5.35. The van der Waals surface area contributed by atoms with Crippen LogP contribution in [0.4, 0.5) is 4.79 Å². The second-order valence-electron chi connectivity index (χ2n) is 13.2. The fourth-order valence-electron chi connectivity index (χ4n) is 4.23. The number of methoxy groups -OCH3 is 1. The lowest BCUT2D eigenvalue weighted by Gasteiger charge is -2.39. The molecule has 0 spiro atoms. The van der Waals surface area contributed by atoms with Gasteiger partial charge in [-0.1, -0.05) is 92.1 Å². The van der Waals surface area contributed by atoms with Gasteiger partial charge in [-0.25, -0.2) is 4.79 Å².